The Morgan fingerprint density at radius 1 is 1.43 bits per heavy atom. The van der Waals surface area contributed by atoms with Gasteiger partial charge in [0.25, 0.3) is 0 Å². The molecular formula is C12H26N2. The highest BCUT2D eigenvalue weighted by atomic mass is 15.1. The molecule has 1 aliphatic carbocycles. The van der Waals surface area contributed by atoms with E-state index in [-0.39, 0.29) is 5.41 Å². The van der Waals surface area contributed by atoms with Gasteiger partial charge < -0.3 is 10.6 Å². The second kappa shape index (κ2) is 4.63. The first-order valence-electron chi connectivity index (χ1n) is 5.85. The van der Waals surface area contributed by atoms with Gasteiger partial charge in [0, 0.05) is 12.6 Å². The summed E-state index contributed by atoms with van der Waals surface area (Å²) in [6.45, 7) is 8.70. The van der Waals surface area contributed by atoms with E-state index in [1.54, 1.807) is 0 Å². The lowest BCUT2D eigenvalue weighted by Crippen LogP contribution is -2.41. The summed E-state index contributed by atoms with van der Waals surface area (Å²) < 4.78 is 0. The maximum absolute atomic E-state index is 5.74. The number of nitrogens with two attached hydrogens (primary N) is 1. The van der Waals surface area contributed by atoms with Crippen molar-refractivity contribution in [1.82, 2.24) is 4.90 Å². The quantitative estimate of drug-likeness (QED) is 0.708. The van der Waals surface area contributed by atoms with E-state index >= 15 is 0 Å². The summed E-state index contributed by atoms with van der Waals surface area (Å²) >= 11 is 0. The summed E-state index contributed by atoms with van der Waals surface area (Å²) in [5.74, 6) is 1.02. The lowest BCUT2D eigenvalue weighted by Gasteiger charge is -2.33. The van der Waals surface area contributed by atoms with Crippen molar-refractivity contribution in [3.8, 4) is 0 Å². The van der Waals surface area contributed by atoms with E-state index in [4.69, 9.17) is 5.73 Å². The van der Waals surface area contributed by atoms with Crippen molar-refractivity contribution in [2.45, 2.75) is 46.1 Å². The molecule has 0 saturated heterocycles. The molecule has 84 valence electrons. The Hall–Kier alpha value is -0.0800. The molecule has 2 N–H and O–H groups in total. The van der Waals surface area contributed by atoms with Gasteiger partial charge in [-0.15, -0.1) is 0 Å². The number of hydrogen-bond acceptors (Lipinski definition) is 2. The third-order valence-corrected chi connectivity index (χ3v) is 3.35. The van der Waals surface area contributed by atoms with Crippen molar-refractivity contribution in [3.63, 3.8) is 0 Å². The van der Waals surface area contributed by atoms with Crippen LogP contribution in [0.3, 0.4) is 0 Å². The zero-order chi connectivity index (χ0) is 10.8. The maximum atomic E-state index is 5.74. The molecule has 1 saturated carbocycles. The minimum Gasteiger partial charge on any atom is -0.330 e. The normalized spacial score (nSPS) is 20.1. The van der Waals surface area contributed by atoms with Crippen molar-refractivity contribution in [3.05, 3.63) is 0 Å². The Kier molecular flexibility index (Phi) is 3.96. The van der Waals surface area contributed by atoms with Crippen LogP contribution in [0.25, 0.3) is 0 Å². The van der Waals surface area contributed by atoms with Gasteiger partial charge >= 0.3 is 0 Å². The summed E-state index contributed by atoms with van der Waals surface area (Å²) in [7, 11) is 2.23. The smallest absolute Gasteiger partial charge is 0.00667 e. The summed E-state index contributed by atoms with van der Waals surface area (Å²) in [6.07, 6.45) is 4.29. The molecule has 2 heteroatoms. The molecule has 0 aromatic rings. The number of rotatable bonds is 6. The van der Waals surface area contributed by atoms with Crippen molar-refractivity contribution in [2.24, 2.45) is 17.1 Å². The molecular weight excluding hydrogens is 172 g/mol. The first kappa shape index (κ1) is 12.0. The molecule has 1 rings (SSSR count). The molecule has 0 radical (unpaired) electrons. The Morgan fingerprint density at radius 2 is 2.00 bits per heavy atom. The molecule has 0 aliphatic heterocycles. The molecule has 0 heterocycles. The minimum atomic E-state index is 0.257. The zero-order valence-electron chi connectivity index (χ0n) is 10.2. The molecule has 0 aromatic heterocycles. The van der Waals surface area contributed by atoms with Gasteiger partial charge in [-0.25, -0.2) is 0 Å². The van der Waals surface area contributed by atoms with Crippen molar-refractivity contribution < 1.29 is 0 Å². The van der Waals surface area contributed by atoms with Gasteiger partial charge in [-0.05, 0) is 38.3 Å². The topological polar surface area (TPSA) is 29.3 Å². The highest BCUT2D eigenvalue weighted by Gasteiger charge is 2.27. The molecule has 0 aromatic carbocycles. The fraction of sp³-hybridized carbons (Fsp3) is 1.00. The monoisotopic (exact) mass is 198 g/mol. The molecule has 0 spiro atoms. The van der Waals surface area contributed by atoms with E-state index in [9.17, 15) is 0 Å². The lowest BCUT2D eigenvalue weighted by atomic mass is 9.92. The van der Waals surface area contributed by atoms with E-state index in [2.05, 4.69) is 32.7 Å². The van der Waals surface area contributed by atoms with Crippen LogP contribution in [0.15, 0.2) is 0 Å². The number of nitrogens with zero attached hydrogens (tertiary/aromatic N) is 1. The van der Waals surface area contributed by atoms with Gasteiger partial charge in [0.05, 0.1) is 0 Å². The Labute approximate surface area is 88.8 Å². The van der Waals surface area contributed by atoms with Crippen LogP contribution >= 0.6 is 0 Å². The molecule has 14 heavy (non-hydrogen) atoms. The molecule has 1 aliphatic rings. The van der Waals surface area contributed by atoms with Crippen LogP contribution in [-0.4, -0.2) is 31.1 Å². The molecule has 1 fully saturated rings. The fourth-order valence-corrected chi connectivity index (χ4v) is 1.91. The average molecular weight is 198 g/mol. The van der Waals surface area contributed by atoms with E-state index in [1.165, 1.54) is 19.3 Å². The Morgan fingerprint density at radius 3 is 2.43 bits per heavy atom. The predicted molar refractivity (Wildman–Crippen MR) is 62.3 cm³/mol. The van der Waals surface area contributed by atoms with Gasteiger partial charge in [0.2, 0.25) is 0 Å². The zero-order valence-corrected chi connectivity index (χ0v) is 10.2. The third kappa shape index (κ3) is 3.97. The summed E-state index contributed by atoms with van der Waals surface area (Å²) in [5.41, 5.74) is 6.00. The van der Waals surface area contributed by atoms with E-state index in [0.717, 1.165) is 19.0 Å². The van der Waals surface area contributed by atoms with Gasteiger partial charge in [-0.2, -0.15) is 0 Å². The molecule has 0 bridgehead atoms. The van der Waals surface area contributed by atoms with Crippen LogP contribution in [-0.2, 0) is 0 Å². The fourth-order valence-electron chi connectivity index (χ4n) is 1.91. The van der Waals surface area contributed by atoms with Crippen LogP contribution in [0, 0.1) is 11.3 Å². The lowest BCUT2D eigenvalue weighted by molar-refractivity contribution is 0.163. The van der Waals surface area contributed by atoms with Crippen molar-refractivity contribution >= 4 is 0 Å². The standard InChI is InChI=1S/C12H26N2/c1-10(7-11-5-6-11)14(4)9-12(2,3)8-13/h10-11H,5-9,13H2,1-4H3. The van der Waals surface area contributed by atoms with Crippen LogP contribution in [0.1, 0.15) is 40.0 Å². The molecule has 0 amide bonds. The highest BCUT2D eigenvalue weighted by molar-refractivity contribution is 4.81. The van der Waals surface area contributed by atoms with Crippen LogP contribution in [0.4, 0.5) is 0 Å². The summed E-state index contributed by atoms with van der Waals surface area (Å²) in [6, 6.07) is 0.716. The highest BCUT2D eigenvalue weighted by Crippen LogP contribution is 2.34. The molecule has 1 unspecified atom stereocenters. The Bertz CT molecular complexity index is 173. The first-order valence-corrected chi connectivity index (χ1v) is 5.85. The minimum absolute atomic E-state index is 0.257. The second-order valence-corrected chi connectivity index (χ2v) is 5.81. The van der Waals surface area contributed by atoms with E-state index in [0.29, 0.717) is 6.04 Å². The van der Waals surface area contributed by atoms with Gasteiger partial charge in [0.1, 0.15) is 0 Å². The second-order valence-electron chi connectivity index (χ2n) is 5.81. The molecule has 2 nitrogen and oxygen atoms in total. The van der Waals surface area contributed by atoms with Crippen LogP contribution < -0.4 is 5.73 Å². The first-order chi connectivity index (χ1) is 6.44. The average Bonchev–Trinajstić information content (AvgIpc) is 2.87. The SMILES string of the molecule is CC(CC1CC1)N(C)CC(C)(C)CN. The predicted octanol–water partition coefficient (Wildman–Crippen LogP) is 2.09. The van der Waals surface area contributed by atoms with Crippen molar-refractivity contribution in [1.29, 1.82) is 0 Å². The van der Waals surface area contributed by atoms with Crippen LogP contribution in [0.2, 0.25) is 0 Å². The van der Waals surface area contributed by atoms with Crippen LogP contribution in [0.5, 0.6) is 0 Å². The maximum Gasteiger partial charge on any atom is 0.00667 e. The summed E-state index contributed by atoms with van der Waals surface area (Å²) in [5, 5.41) is 0. The van der Waals surface area contributed by atoms with Gasteiger partial charge in [0.15, 0.2) is 0 Å². The van der Waals surface area contributed by atoms with Crippen molar-refractivity contribution in [2.75, 3.05) is 20.1 Å². The van der Waals surface area contributed by atoms with E-state index < -0.39 is 0 Å². The molecule has 1 atom stereocenters. The van der Waals surface area contributed by atoms with Gasteiger partial charge in [-0.3, -0.25) is 0 Å². The van der Waals surface area contributed by atoms with E-state index in [1.807, 2.05) is 0 Å². The Balaban J connectivity index is 2.27. The number of hydrogen-bond donors (Lipinski definition) is 1. The third-order valence-electron chi connectivity index (χ3n) is 3.35. The largest absolute Gasteiger partial charge is 0.330 e. The summed E-state index contributed by atoms with van der Waals surface area (Å²) in [4.78, 5) is 2.46. The van der Waals surface area contributed by atoms with Gasteiger partial charge in [-0.1, -0.05) is 26.7 Å².